The van der Waals surface area contributed by atoms with Crippen LogP contribution in [0.5, 0.6) is 0 Å². The summed E-state index contributed by atoms with van der Waals surface area (Å²) in [6, 6.07) is 1.75. The van der Waals surface area contributed by atoms with Crippen LogP contribution in [-0.4, -0.2) is 37.1 Å². The van der Waals surface area contributed by atoms with Crippen molar-refractivity contribution in [3.05, 3.63) is 60.6 Å². The number of carboxylic acids is 1. The van der Waals surface area contributed by atoms with Crippen LogP contribution in [0.3, 0.4) is 0 Å². The van der Waals surface area contributed by atoms with Crippen LogP contribution in [0.2, 0.25) is 0 Å². The molecule has 3 heterocycles. The fraction of sp³-hybridized carbons (Fsp3) is 0.143. The molecule has 1 aliphatic heterocycles. The van der Waals surface area contributed by atoms with Crippen LogP contribution < -0.4 is 5.32 Å². The van der Waals surface area contributed by atoms with Crippen LogP contribution in [0.15, 0.2) is 55.0 Å². The number of carboxylic acid groups (broad SMARTS) is 1. The van der Waals surface area contributed by atoms with Crippen molar-refractivity contribution >= 4 is 23.3 Å². The fourth-order valence-corrected chi connectivity index (χ4v) is 3.29. The van der Waals surface area contributed by atoms with E-state index in [9.17, 15) is 9.90 Å². The Morgan fingerprint density at radius 1 is 1.41 bits per heavy atom. The molecule has 22 heavy (non-hydrogen) atoms. The Kier molecular flexibility index (Phi) is 3.68. The Morgan fingerprint density at radius 2 is 2.18 bits per heavy atom. The van der Waals surface area contributed by atoms with Crippen molar-refractivity contribution in [2.75, 3.05) is 6.26 Å². The van der Waals surface area contributed by atoms with Crippen LogP contribution in [-0.2, 0) is 9.79 Å². The van der Waals surface area contributed by atoms with Crippen LogP contribution in [0, 0.1) is 0 Å². The summed E-state index contributed by atoms with van der Waals surface area (Å²) in [5.41, 5.74) is 1.38. The number of rotatable bonds is 4. The number of allylic oxidation sites excluding steroid dienone is 2. The minimum atomic E-state index is -1.03. The van der Waals surface area contributed by atoms with Gasteiger partial charge in [-0.1, -0.05) is 0 Å². The van der Waals surface area contributed by atoms with Gasteiger partial charge in [-0.3, -0.25) is 0 Å². The SMILES string of the molecule is CSC1(n2cccn2)NC=CC(c2cncnc2)=C1C(=O)O. The number of aromatic nitrogens is 4. The van der Waals surface area contributed by atoms with Gasteiger partial charge in [0.1, 0.15) is 11.9 Å². The summed E-state index contributed by atoms with van der Waals surface area (Å²) in [4.78, 5) is 18.9. The highest BCUT2D eigenvalue weighted by atomic mass is 32.2. The number of thioether (sulfide) groups is 1. The van der Waals surface area contributed by atoms with E-state index >= 15 is 0 Å². The smallest absolute Gasteiger partial charge is 0.337 e. The number of nitrogens with one attached hydrogen (secondary N) is 1. The number of carbonyl (C=O) groups is 1. The normalized spacial score (nSPS) is 20.8. The van der Waals surface area contributed by atoms with Crippen molar-refractivity contribution in [2.24, 2.45) is 0 Å². The van der Waals surface area contributed by atoms with Gasteiger partial charge in [-0.25, -0.2) is 19.4 Å². The molecule has 2 aromatic rings. The van der Waals surface area contributed by atoms with E-state index in [-0.39, 0.29) is 5.57 Å². The van der Waals surface area contributed by atoms with Crippen molar-refractivity contribution in [2.45, 2.75) is 4.99 Å². The van der Waals surface area contributed by atoms with E-state index in [4.69, 9.17) is 0 Å². The van der Waals surface area contributed by atoms with Crippen LogP contribution >= 0.6 is 11.8 Å². The lowest BCUT2D eigenvalue weighted by atomic mass is 9.97. The minimum absolute atomic E-state index is 0.181. The summed E-state index contributed by atoms with van der Waals surface area (Å²) in [5.74, 6) is -1.03. The van der Waals surface area contributed by atoms with Gasteiger partial charge in [0.25, 0.3) is 0 Å². The molecule has 0 radical (unpaired) electrons. The predicted octanol–water partition coefficient (Wildman–Crippen LogP) is 1.30. The molecule has 8 heteroatoms. The van der Waals surface area contributed by atoms with Crippen LogP contribution in [0.4, 0.5) is 0 Å². The Balaban J connectivity index is 2.27. The monoisotopic (exact) mass is 315 g/mol. The summed E-state index contributed by atoms with van der Waals surface area (Å²) >= 11 is 1.34. The maximum Gasteiger partial charge on any atom is 0.337 e. The topological polar surface area (TPSA) is 92.9 Å². The lowest BCUT2D eigenvalue weighted by molar-refractivity contribution is -0.133. The molecule has 7 nitrogen and oxygen atoms in total. The number of hydrogen-bond acceptors (Lipinski definition) is 6. The van der Waals surface area contributed by atoms with Gasteiger partial charge in [-0.2, -0.15) is 5.10 Å². The number of nitrogens with zero attached hydrogens (tertiary/aromatic N) is 4. The third-order valence-corrected chi connectivity index (χ3v) is 4.44. The van der Waals surface area contributed by atoms with Gasteiger partial charge >= 0.3 is 5.97 Å². The lowest BCUT2D eigenvalue weighted by Gasteiger charge is -2.36. The summed E-state index contributed by atoms with van der Waals surface area (Å²) in [5, 5.41) is 17.1. The Morgan fingerprint density at radius 3 is 2.77 bits per heavy atom. The first kappa shape index (κ1) is 14.3. The highest BCUT2D eigenvalue weighted by Crippen LogP contribution is 2.40. The van der Waals surface area contributed by atoms with Crippen molar-refractivity contribution in [3.8, 4) is 0 Å². The molecule has 0 bridgehead atoms. The lowest BCUT2D eigenvalue weighted by Crippen LogP contribution is -2.48. The third kappa shape index (κ3) is 2.17. The molecule has 0 amide bonds. The molecule has 0 spiro atoms. The van der Waals surface area contributed by atoms with Gasteiger partial charge in [0.05, 0.1) is 0 Å². The molecule has 2 N–H and O–H groups in total. The molecule has 112 valence electrons. The fourth-order valence-electron chi connectivity index (χ4n) is 2.41. The van der Waals surface area contributed by atoms with Gasteiger partial charge in [0.15, 0.2) is 0 Å². The maximum atomic E-state index is 12.0. The predicted molar refractivity (Wildman–Crippen MR) is 82.6 cm³/mol. The van der Waals surface area contributed by atoms with E-state index in [1.807, 2.05) is 6.26 Å². The molecule has 1 atom stereocenters. The first-order valence-electron chi connectivity index (χ1n) is 6.42. The quantitative estimate of drug-likeness (QED) is 0.878. The van der Waals surface area contributed by atoms with Gasteiger partial charge in [0.2, 0.25) is 4.99 Å². The average molecular weight is 315 g/mol. The molecule has 0 aromatic carbocycles. The molecule has 0 saturated heterocycles. The Bertz CT molecular complexity index is 742. The molecule has 0 fully saturated rings. The van der Waals surface area contributed by atoms with E-state index < -0.39 is 11.0 Å². The number of hydrogen-bond donors (Lipinski definition) is 2. The summed E-state index contributed by atoms with van der Waals surface area (Å²) in [7, 11) is 0. The van der Waals surface area contributed by atoms with Gasteiger partial charge in [0, 0.05) is 42.1 Å². The minimum Gasteiger partial charge on any atom is -0.478 e. The number of dihydropyridines is 1. The van der Waals surface area contributed by atoms with E-state index in [0.717, 1.165) is 0 Å². The number of aliphatic carboxylic acids is 1. The molecule has 0 saturated carbocycles. The van der Waals surface area contributed by atoms with E-state index in [1.165, 1.54) is 18.1 Å². The average Bonchev–Trinajstić information content (AvgIpc) is 3.09. The van der Waals surface area contributed by atoms with Crippen LogP contribution in [0.1, 0.15) is 5.56 Å². The molecule has 3 rings (SSSR count). The summed E-state index contributed by atoms with van der Waals surface area (Å²) in [6.45, 7) is 0. The maximum absolute atomic E-state index is 12.0. The first-order valence-corrected chi connectivity index (χ1v) is 7.64. The van der Waals surface area contributed by atoms with Crippen molar-refractivity contribution in [1.82, 2.24) is 25.1 Å². The second kappa shape index (κ2) is 5.64. The van der Waals surface area contributed by atoms with Crippen LogP contribution in [0.25, 0.3) is 5.57 Å². The molecule has 0 aliphatic carbocycles. The molecular weight excluding hydrogens is 302 g/mol. The zero-order valence-electron chi connectivity index (χ0n) is 11.7. The second-order valence-corrected chi connectivity index (χ2v) is 5.50. The Labute approximate surface area is 130 Å². The van der Waals surface area contributed by atoms with E-state index in [0.29, 0.717) is 11.1 Å². The van der Waals surface area contributed by atoms with Gasteiger partial charge < -0.3 is 10.4 Å². The summed E-state index contributed by atoms with van der Waals surface area (Å²) in [6.07, 6.45) is 13.2. The summed E-state index contributed by atoms with van der Waals surface area (Å²) < 4.78 is 1.59. The Hall–Kier alpha value is -2.61. The highest BCUT2D eigenvalue weighted by molar-refractivity contribution is 7.99. The molecule has 1 aliphatic rings. The molecule has 2 aromatic heterocycles. The van der Waals surface area contributed by atoms with Gasteiger partial charge in [-0.15, -0.1) is 11.8 Å². The van der Waals surface area contributed by atoms with Crippen molar-refractivity contribution in [1.29, 1.82) is 0 Å². The standard InChI is InChI=1S/C14H13N5O2S/c1-22-14(19-6-2-4-18-19)12(13(20)21)11(3-5-17-14)10-7-15-9-16-8-10/h2-9,17H,1H3,(H,20,21). The highest BCUT2D eigenvalue weighted by Gasteiger charge is 2.43. The van der Waals surface area contributed by atoms with Gasteiger partial charge in [-0.05, 0) is 18.4 Å². The zero-order valence-corrected chi connectivity index (χ0v) is 12.5. The van der Waals surface area contributed by atoms with E-state index in [1.54, 1.807) is 47.8 Å². The van der Waals surface area contributed by atoms with Crippen molar-refractivity contribution in [3.63, 3.8) is 0 Å². The largest absolute Gasteiger partial charge is 0.478 e. The zero-order chi connectivity index (χ0) is 15.6. The van der Waals surface area contributed by atoms with Crippen molar-refractivity contribution < 1.29 is 9.90 Å². The second-order valence-electron chi connectivity index (χ2n) is 4.50. The molecular formula is C14H13N5O2S. The molecule has 1 unspecified atom stereocenters. The third-order valence-electron chi connectivity index (χ3n) is 3.35. The first-order chi connectivity index (χ1) is 10.7. The van der Waals surface area contributed by atoms with E-state index in [2.05, 4.69) is 20.4 Å².